The molecule has 7 nitrogen and oxygen atoms in total. The summed E-state index contributed by atoms with van der Waals surface area (Å²) in [5.41, 5.74) is 0. The maximum absolute atomic E-state index is 5.04. The van der Waals surface area contributed by atoms with E-state index in [-0.39, 0.29) is 0 Å². The SMILES string of the molecule is COCCNc1ccnc(N2CCN(c3ccccn3)CC2)n1. The van der Waals surface area contributed by atoms with Crippen molar-refractivity contribution >= 4 is 17.6 Å². The average molecular weight is 314 g/mol. The van der Waals surface area contributed by atoms with E-state index in [1.165, 1.54) is 0 Å². The van der Waals surface area contributed by atoms with Crippen LogP contribution in [0, 0.1) is 0 Å². The van der Waals surface area contributed by atoms with Crippen LogP contribution in [-0.2, 0) is 4.74 Å². The van der Waals surface area contributed by atoms with Crippen molar-refractivity contribution in [2.45, 2.75) is 0 Å². The van der Waals surface area contributed by atoms with Crippen LogP contribution < -0.4 is 15.1 Å². The van der Waals surface area contributed by atoms with Crippen molar-refractivity contribution in [3.05, 3.63) is 36.7 Å². The highest BCUT2D eigenvalue weighted by atomic mass is 16.5. The van der Waals surface area contributed by atoms with Gasteiger partial charge in [0.15, 0.2) is 0 Å². The van der Waals surface area contributed by atoms with E-state index in [1.54, 1.807) is 13.3 Å². The summed E-state index contributed by atoms with van der Waals surface area (Å²) in [6.07, 6.45) is 3.63. The Morgan fingerprint density at radius 2 is 1.87 bits per heavy atom. The smallest absolute Gasteiger partial charge is 0.227 e. The Hall–Kier alpha value is -2.41. The van der Waals surface area contributed by atoms with Gasteiger partial charge in [0.2, 0.25) is 5.95 Å². The second-order valence-corrected chi connectivity index (χ2v) is 5.32. The summed E-state index contributed by atoms with van der Waals surface area (Å²) in [5, 5.41) is 3.24. The first kappa shape index (κ1) is 15.5. The van der Waals surface area contributed by atoms with Crippen LogP contribution in [0.4, 0.5) is 17.6 Å². The summed E-state index contributed by atoms with van der Waals surface area (Å²) in [5.74, 6) is 2.63. The minimum absolute atomic E-state index is 0.655. The van der Waals surface area contributed by atoms with Crippen LogP contribution in [0.25, 0.3) is 0 Å². The molecule has 0 aromatic carbocycles. The fourth-order valence-electron chi connectivity index (χ4n) is 2.56. The molecule has 2 aromatic heterocycles. The molecule has 0 bridgehead atoms. The zero-order chi connectivity index (χ0) is 15.9. The van der Waals surface area contributed by atoms with Crippen molar-refractivity contribution in [3.8, 4) is 0 Å². The van der Waals surface area contributed by atoms with Crippen molar-refractivity contribution in [2.24, 2.45) is 0 Å². The van der Waals surface area contributed by atoms with Crippen molar-refractivity contribution in [3.63, 3.8) is 0 Å². The Morgan fingerprint density at radius 3 is 2.61 bits per heavy atom. The molecular weight excluding hydrogens is 292 g/mol. The molecule has 0 atom stereocenters. The molecule has 0 radical (unpaired) electrons. The summed E-state index contributed by atoms with van der Waals surface area (Å²) in [6.45, 7) is 5.00. The Kier molecular flexibility index (Phi) is 5.21. The Balaban J connectivity index is 1.58. The highest BCUT2D eigenvalue weighted by Gasteiger charge is 2.19. The predicted octanol–water partition coefficient (Wildman–Crippen LogP) is 1.26. The van der Waals surface area contributed by atoms with Gasteiger partial charge in [-0.1, -0.05) is 6.07 Å². The van der Waals surface area contributed by atoms with Crippen LogP contribution in [0.3, 0.4) is 0 Å². The second kappa shape index (κ2) is 7.73. The quantitative estimate of drug-likeness (QED) is 0.805. The fraction of sp³-hybridized carbons (Fsp3) is 0.438. The Labute approximate surface area is 136 Å². The first-order chi connectivity index (χ1) is 11.4. The molecule has 1 fully saturated rings. The first-order valence-corrected chi connectivity index (χ1v) is 7.83. The molecule has 0 saturated carbocycles. The highest BCUT2D eigenvalue weighted by Crippen LogP contribution is 2.16. The van der Waals surface area contributed by atoms with Gasteiger partial charge in [-0.25, -0.2) is 9.97 Å². The number of hydrogen-bond acceptors (Lipinski definition) is 7. The number of nitrogens with zero attached hydrogens (tertiary/aromatic N) is 5. The Morgan fingerprint density at radius 1 is 1.04 bits per heavy atom. The van der Waals surface area contributed by atoms with Gasteiger partial charge in [0.25, 0.3) is 0 Å². The molecule has 1 N–H and O–H groups in total. The lowest BCUT2D eigenvalue weighted by atomic mass is 10.3. The van der Waals surface area contributed by atoms with Gasteiger partial charge in [-0.05, 0) is 18.2 Å². The van der Waals surface area contributed by atoms with Crippen molar-refractivity contribution in [1.82, 2.24) is 15.0 Å². The molecule has 23 heavy (non-hydrogen) atoms. The predicted molar refractivity (Wildman–Crippen MR) is 91.1 cm³/mol. The molecule has 7 heteroatoms. The molecular formula is C16H22N6O. The van der Waals surface area contributed by atoms with Gasteiger partial charge >= 0.3 is 0 Å². The van der Waals surface area contributed by atoms with Gasteiger partial charge < -0.3 is 19.9 Å². The molecule has 1 aliphatic heterocycles. The van der Waals surface area contributed by atoms with E-state index in [1.807, 2.05) is 30.5 Å². The van der Waals surface area contributed by atoms with Crippen LogP contribution in [0.15, 0.2) is 36.7 Å². The number of aromatic nitrogens is 3. The third-order valence-electron chi connectivity index (χ3n) is 3.79. The van der Waals surface area contributed by atoms with Crippen LogP contribution in [0.2, 0.25) is 0 Å². The number of piperazine rings is 1. The maximum atomic E-state index is 5.04. The summed E-state index contributed by atoms with van der Waals surface area (Å²) < 4.78 is 5.04. The first-order valence-electron chi connectivity index (χ1n) is 7.83. The second-order valence-electron chi connectivity index (χ2n) is 5.32. The van der Waals surface area contributed by atoms with Gasteiger partial charge in [-0.2, -0.15) is 4.98 Å². The van der Waals surface area contributed by atoms with Gasteiger partial charge in [0.1, 0.15) is 11.6 Å². The number of ether oxygens (including phenoxy) is 1. The standard InChI is InChI=1S/C16H22N6O/c1-23-13-8-17-14-5-7-19-16(20-14)22-11-9-21(10-12-22)15-4-2-3-6-18-15/h2-7H,8-13H2,1H3,(H,17,19,20). The topological polar surface area (TPSA) is 66.4 Å². The van der Waals surface area contributed by atoms with E-state index in [0.29, 0.717) is 6.61 Å². The minimum atomic E-state index is 0.655. The maximum Gasteiger partial charge on any atom is 0.227 e. The third kappa shape index (κ3) is 4.07. The molecule has 3 heterocycles. The number of pyridine rings is 1. The van der Waals surface area contributed by atoms with E-state index in [9.17, 15) is 0 Å². The molecule has 3 rings (SSSR count). The monoisotopic (exact) mass is 314 g/mol. The van der Waals surface area contributed by atoms with Crippen molar-refractivity contribution < 1.29 is 4.74 Å². The molecule has 0 aliphatic carbocycles. The molecule has 0 amide bonds. The molecule has 1 aliphatic rings. The van der Waals surface area contributed by atoms with Crippen LogP contribution in [0.5, 0.6) is 0 Å². The third-order valence-corrected chi connectivity index (χ3v) is 3.79. The van der Waals surface area contributed by atoms with E-state index in [0.717, 1.165) is 50.3 Å². The average Bonchev–Trinajstić information content (AvgIpc) is 2.63. The van der Waals surface area contributed by atoms with E-state index in [2.05, 4.69) is 30.1 Å². The summed E-state index contributed by atoms with van der Waals surface area (Å²) in [4.78, 5) is 17.9. The van der Waals surface area contributed by atoms with Gasteiger partial charge in [-0.15, -0.1) is 0 Å². The van der Waals surface area contributed by atoms with Gasteiger partial charge in [0.05, 0.1) is 6.61 Å². The molecule has 0 spiro atoms. The lowest BCUT2D eigenvalue weighted by Crippen LogP contribution is -2.47. The molecule has 2 aromatic rings. The number of anilines is 3. The summed E-state index contributed by atoms with van der Waals surface area (Å²) in [7, 11) is 1.69. The summed E-state index contributed by atoms with van der Waals surface area (Å²) in [6, 6.07) is 7.89. The zero-order valence-electron chi connectivity index (χ0n) is 13.4. The van der Waals surface area contributed by atoms with Crippen LogP contribution in [0.1, 0.15) is 0 Å². The number of rotatable bonds is 6. The van der Waals surface area contributed by atoms with Crippen LogP contribution in [-0.4, -0.2) is 61.4 Å². The number of methoxy groups -OCH3 is 1. The lowest BCUT2D eigenvalue weighted by molar-refractivity contribution is 0.210. The number of nitrogens with one attached hydrogen (secondary N) is 1. The fourth-order valence-corrected chi connectivity index (χ4v) is 2.56. The van der Waals surface area contributed by atoms with Crippen LogP contribution >= 0.6 is 0 Å². The molecule has 122 valence electrons. The normalized spacial score (nSPS) is 14.8. The van der Waals surface area contributed by atoms with Crippen molar-refractivity contribution in [2.75, 3.05) is 61.6 Å². The summed E-state index contributed by atoms with van der Waals surface area (Å²) >= 11 is 0. The van der Waals surface area contributed by atoms with E-state index in [4.69, 9.17) is 4.74 Å². The largest absolute Gasteiger partial charge is 0.383 e. The number of hydrogen-bond donors (Lipinski definition) is 1. The molecule has 1 saturated heterocycles. The lowest BCUT2D eigenvalue weighted by Gasteiger charge is -2.35. The van der Waals surface area contributed by atoms with Crippen molar-refractivity contribution in [1.29, 1.82) is 0 Å². The minimum Gasteiger partial charge on any atom is -0.383 e. The highest BCUT2D eigenvalue weighted by molar-refractivity contribution is 5.44. The zero-order valence-corrected chi connectivity index (χ0v) is 13.4. The molecule has 0 unspecified atom stereocenters. The van der Waals surface area contributed by atoms with E-state index < -0.39 is 0 Å². The van der Waals surface area contributed by atoms with Gasteiger partial charge in [0, 0.05) is 52.2 Å². The van der Waals surface area contributed by atoms with Gasteiger partial charge in [-0.3, -0.25) is 0 Å². The Bertz CT molecular complexity index is 601. The van der Waals surface area contributed by atoms with E-state index >= 15 is 0 Å².